The minimum atomic E-state index is -3.70. The van der Waals surface area contributed by atoms with Gasteiger partial charge in [0.1, 0.15) is 5.15 Å². The first-order valence-electron chi connectivity index (χ1n) is 5.03. The zero-order valence-electron chi connectivity index (χ0n) is 9.83. The molecule has 0 spiro atoms. The molecule has 0 aromatic carbocycles. The Kier molecular flexibility index (Phi) is 3.42. The standard InChI is InChI=1S/C9H12ClN5O2S/c1-14-6-11-9(8(14)10)18(16,17)15(2)5-7-3-12-13-4-7/h3-4,6H,5H2,1-2H3,(H,12,13). The van der Waals surface area contributed by atoms with E-state index in [4.69, 9.17) is 11.6 Å². The number of hydrogen-bond donors (Lipinski definition) is 1. The highest BCUT2D eigenvalue weighted by Crippen LogP contribution is 2.22. The minimum absolute atomic E-state index is 0.0917. The molecule has 2 aromatic heterocycles. The van der Waals surface area contributed by atoms with Crippen LogP contribution in [0.5, 0.6) is 0 Å². The van der Waals surface area contributed by atoms with Crippen molar-refractivity contribution in [3.63, 3.8) is 0 Å². The van der Waals surface area contributed by atoms with Gasteiger partial charge >= 0.3 is 0 Å². The van der Waals surface area contributed by atoms with E-state index in [1.54, 1.807) is 19.4 Å². The molecule has 18 heavy (non-hydrogen) atoms. The van der Waals surface area contributed by atoms with Crippen molar-refractivity contribution in [2.24, 2.45) is 7.05 Å². The molecule has 0 bridgehead atoms. The van der Waals surface area contributed by atoms with Gasteiger partial charge in [0.15, 0.2) is 0 Å². The molecule has 98 valence electrons. The number of halogens is 1. The Bertz CT molecular complexity index is 634. The lowest BCUT2D eigenvalue weighted by molar-refractivity contribution is 0.464. The second kappa shape index (κ2) is 4.71. The normalized spacial score (nSPS) is 12.2. The monoisotopic (exact) mass is 289 g/mol. The number of aryl methyl sites for hydroxylation is 1. The predicted molar refractivity (Wildman–Crippen MR) is 65.5 cm³/mol. The molecule has 0 saturated carbocycles. The first kappa shape index (κ1) is 13.1. The van der Waals surface area contributed by atoms with E-state index in [9.17, 15) is 8.42 Å². The molecular weight excluding hydrogens is 278 g/mol. The third kappa shape index (κ3) is 2.26. The molecule has 0 atom stereocenters. The summed E-state index contributed by atoms with van der Waals surface area (Å²) >= 11 is 5.90. The van der Waals surface area contributed by atoms with Gasteiger partial charge in [-0.3, -0.25) is 5.10 Å². The number of nitrogens with one attached hydrogen (secondary N) is 1. The Morgan fingerprint density at radius 3 is 2.78 bits per heavy atom. The van der Waals surface area contributed by atoms with Crippen LogP contribution >= 0.6 is 11.6 Å². The molecule has 0 aliphatic rings. The Balaban J connectivity index is 2.28. The zero-order valence-corrected chi connectivity index (χ0v) is 11.4. The van der Waals surface area contributed by atoms with Gasteiger partial charge in [0, 0.05) is 32.4 Å². The highest BCUT2D eigenvalue weighted by molar-refractivity contribution is 7.89. The van der Waals surface area contributed by atoms with Crippen LogP contribution in [0, 0.1) is 0 Å². The maximum absolute atomic E-state index is 12.2. The summed E-state index contributed by atoms with van der Waals surface area (Å²) < 4.78 is 27.1. The van der Waals surface area contributed by atoms with E-state index in [1.165, 1.54) is 22.2 Å². The summed E-state index contributed by atoms with van der Waals surface area (Å²) in [6.07, 6.45) is 4.55. The summed E-state index contributed by atoms with van der Waals surface area (Å²) in [5.41, 5.74) is 0.758. The van der Waals surface area contributed by atoms with Crippen LogP contribution in [0.3, 0.4) is 0 Å². The second-order valence-corrected chi connectivity index (χ2v) is 6.14. The highest BCUT2D eigenvalue weighted by atomic mass is 35.5. The van der Waals surface area contributed by atoms with Gasteiger partial charge in [-0.25, -0.2) is 13.4 Å². The molecule has 9 heteroatoms. The van der Waals surface area contributed by atoms with Gasteiger partial charge in [-0.05, 0) is 0 Å². The lowest BCUT2D eigenvalue weighted by Crippen LogP contribution is -2.27. The topological polar surface area (TPSA) is 83.9 Å². The molecule has 0 aliphatic carbocycles. The smallest absolute Gasteiger partial charge is 0.263 e. The van der Waals surface area contributed by atoms with E-state index in [2.05, 4.69) is 15.2 Å². The molecule has 2 heterocycles. The molecule has 0 unspecified atom stereocenters. The number of aromatic nitrogens is 4. The van der Waals surface area contributed by atoms with Gasteiger partial charge in [0.2, 0.25) is 5.03 Å². The number of H-pyrrole nitrogens is 1. The van der Waals surface area contributed by atoms with E-state index in [-0.39, 0.29) is 16.7 Å². The van der Waals surface area contributed by atoms with Crippen molar-refractivity contribution in [1.29, 1.82) is 0 Å². The lowest BCUT2D eigenvalue weighted by Gasteiger charge is -2.14. The Hall–Kier alpha value is -1.38. The molecule has 7 nitrogen and oxygen atoms in total. The first-order chi connectivity index (χ1) is 8.43. The molecule has 0 radical (unpaired) electrons. The van der Waals surface area contributed by atoms with Crippen LogP contribution in [0.1, 0.15) is 5.56 Å². The summed E-state index contributed by atoms with van der Waals surface area (Å²) in [6, 6.07) is 0. The van der Waals surface area contributed by atoms with Gasteiger partial charge in [-0.15, -0.1) is 0 Å². The minimum Gasteiger partial charge on any atom is -0.324 e. The van der Waals surface area contributed by atoms with Crippen molar-refractivity contribution < 1.29 is 8.42 Å². The maximum Gasteiger partial charge on any atom is 0.263 e. The summed E-state index contributed by atoms with van der Waals surface area (Å²) in [4.78, 5) is 3.82. The van der Waals surface area contributed by atoms with E-state index >= 15 is 0 Å². The number of sulfonamides is 1. The fraction of sp³-hybridized carbons (Fsp3) is 0.333. The summed E-state index contributed by atoms with van der Waals surface area (Å²) in [7, 11) is -0.602. The fourth-order valence-electron chi connectivity index (χ4n) is 1.42. The Labute approximate surface area is 109 Å². The zero-order chi connectivity index (χ0) is 13.3. The van der Waals surface area contributed by atoms with Crippen LogP contribution in [-0.2, 0) is 23.6 Å². The second-order valence-electron chi connectivity index (χ2n) is 3.82. The molecule has 0 amide bonds. The van der Waals surface area contributed by atoms with Crippen LogP contribution in [0.4, 0.5) is 0 Å². The predicted octanol–water partition coefficient (Wildman–Crippen LogP) is 0.617. The van der Waals surface area contributed by atoms with Crippen LogP contribution < -0.4 is 0 Å². The first-order valence-corrected chi connectivity index (χ1v) is 6.85. The van der Waals surface area contributed by atoms with Gasteiger partial charge in [0.05, 0.1) is 12.5 Å². The maximum atomic E-state index is 12.2. The van der Waals surface area contributed by atoms with Crippen molar-refractivity contribution in [2.75, 3.05) is 7.05 Å². The largest absolute Gasteiger partial charge is 0.324 e. The SMILES string of the molecule is CN(Cc1cn[nH]c1)S(=O)(=O)c1ncn(C)c1Cl. The molecule has 2 aromatic rings. The van der Waals surface area contributed by atoms with Gasteiger partial charge in [0.25, 0.3) is 10.0 Å². The lowest BCUT2D eigenvalue weighted by atomic mass is 10.4. The molecule has 0 aliphatic heterocycles. The van der Waals surface area contributed by atoms with E-state index in [0.717, 1.165) is 5.56 Å². The van der Waals surface area contributed by atoms with Gasteiger partial charge in [-0.1, -0.05) is 11.6 Å². The summed E-state index contributed by atoms with van der Waals surface area (Å²) in [5.74, 6) is 0. The van der Waals surface area contributed by atoms with Gasteiger partial charge in [-0.2, -0.15) is 9.40 Å². The van der Waals surface area contributed by atoms with E-state index < -0.39 is 10.0 Å². The average Bonchev–Trinajstić information content (AvgIpc) is 2.91. The van der Waals surface area contributed by atoms with Crippen molar-refractivity contribution in [3.05, 3.63) is 29.4 Å². The van der Waals surface area contributed by atoms with E-state index in [0.29, 0.717) is 0 Å². The molecular formula is C9H12ClN5O2S. The van der Waals surface area contributed by atoms with Crippen LogP contribution in [0.15, 0.2) is 23.7 Å². The summed E-state index contributed by atoms with van der Waals surface area (Å²) in [5, 5.41) is 6.33. The third-order valence-electron chi connectivity index (χ3n) is 2.45. The number of aromatic amines is 1. The quantitative estimate of drug-likeness (QED) is 0.894. The van der Waals surface area contributed by atoms with Crippen LogP contribution in [-0.4, -0.2) is 39.5 Å². The van der Waals surface area contributed by atoms with E-state index in [1.807, 2.05) is 0 Å². The van der Waals surface area contributed by atoms with Crippen molar-refractivity contribution in [1.82, 2.24) is 24.1 Å². The number of nitrogens with zero attached hydrogens (tertiary/aromatic N) is 4. The highest BCUT2D eigenvalue weighted by Gasteiger charge is 2.27. The number of hydrogen-bond acceptors (Lipinski definition) is 4. The van der Waals surface area contributed by atoms with Crippen LogP contribution in [0.2, 0.25) is 5.15 Å². The van der Waals surface area contributed by atoms with Crippen molar-refractivity contribution in [2.45, 2.75) is 11.6 Å². The van der Waals surface area contributed by atoms with Gasteiger partial charge < -0.3 is 4.57 Å². The van der Waals surface area contributed by atoms with Crippen molar-refractivity contribution >= 4 is 21.6 Å². The third-order valence-corrected chi connectivity index (χ3v) is 4.74. The number of rotatable bonds is 4. The molecule has 1 N–H and O–H groups in total. The average molecular weight is 290 g/mol. The Morgan fingerprint density at radius 1 is 1.56 bits per heavy atom. The Morgan fingerprint density at radius 2 is 2.28 bits per heavy atom. The molecule has 0 saturated heterocycles. The number of imidazole rings is 1. The van der Waals surface area contributed by atoms with Crippen LogP contribution in [0.25, 0.3) is 0 Å². The van der Waals surface area contributed by atoms with Crippen molar-refractivity contribution in [3.8, 4) is 0 Å². The molecule has 2 rings (SSSR count). The summed E-state index contributed by atoms with van der Waals surface area (Å²) in [6.45, 7) is 0.200. The molecule has 0 fully saturated rings. The fourth-order valence-corrected chi connectivity index (χ4v) is 2.96.